The Morgan fingerprint density at radius 2 is 1.65 bits per heavy atom. The Kier molecular flexibility index (Phi) is 4.26. The second-order valence-corrected chi connectivity index (χ2v) is 9.28. The molecule has 26 heavy (non-hydrogen) atoms. The van der Waals surface area contributed by atoms with E-state index in [2.05, 4.69) is 0 Å². The summed E-state index contributed by atoms with van der Waals surface area (Å²) in [4.78, 5) is 13.0. The fourth-order valence-corrected chi connectivity index (χ4v) is 5.20. The Morgan fingerprint density at radius 1 is 1.08 bits per heavy atom. The van der Waals surface area contributed by atoms with Gasteiger partial charge in [-0.05, 0) is 51.5 Å². The van der Waals surface area contributed by atoms with E-state index in [1.54, 1.807) is 0 Å². The molecule has 4 rings (SSSR count). The third-order valence-electron chi connectivity index (χ3n) is 5.04. The van der Waals surface area contributed by atoms with Crippen molar-refractivity contribution in [2.75, 3.05) is 5.75 Å². The standard InChI is InChI=1S/C22H24O3S/c1-21(2,3)20(23)25-22(19-13-8-14-26-19)15-9-4-6-11-17(15)24-18-12-7-5-10-16(18)22/h4-7,9-12,19H,8,13-14H2,1-3H3. The molecule has 0 radical (unpaired) electrons. The summed E-state index contributed by atoms with van der Waals surface area (Å²) < 4.78 is 12.6. The monoisotopic (exact) mass is 368 g/mol. The summed E-state index contributed by atoms with van der Waals surface area (Å²) in [6.07, 6.45) is 2.15. The van der Waals surface area contributed by atoms with Gasteiger partial charge in [0.15, 0.2) is 5.60 Å². The van der Waals surface area contributed by atoms with Crippen LogP contribution in [0.1, 0.15) is 44.7 Å². The van der Waals surface area contributed by atoms with Gasteiger partial charge in [0.25, 0.3) is 0 Å². The Morgan fingerprint density at radius 3 is 2.15 bits per heavy atom. The Hall–Kier alpha value is -1.94. The van der Waals surface area contributed by atoms with E-state index in [-0.39, 0.29) is 11.2 Å². The summed E-state index contributed by atoms with van der Waals surface area (Å²) in [5, 5.41) is 0.181. The number of hydrogen-bond acceptors (Lipinski definition) is 4. The van der Waals surface area contributed by atoms with E-state index in [9.17, 15) is 4.79 Å². The molecule has 2 aliphatic heterocycles. The van der Waals surface area contributed by atoms with Crippen LogP contribution >= 0.6 is 11.8 Å². The molecule has 136 valence electrons. The van der Waals surface area contributed by atoms with Crippen LogP contribution in [0.5, 0.6) is 11.5 Å². The average molecular weight is 368 g/mol. The molecule has 0 bridgehead atoms. The minimum absolute atomic E-state index is 0.181. The van der Waals surface area contributed by atoms with Gasteiger partial charge < -0.3 is 9.47 Å². The smallest absolute Gasteiger partial charge is 0.312 e. The molecule has 0 N–H and O–H groups in total. The summed E-state index contributed by atoms with van der Waals surface area (Å²) in [7, 11) is 0. The lowest BCUT2D eigenvalue weighted by atomic mass is 9.78. The maximum atomic E-state index is 13.0. The van der Waals surface area contributed by atoms with Gasteiger partial charge in [-0.1, -0.05) is 36.4 Å². The number of benzene rings is 2. The van der Waals surface area contributed by atoms with E-state index in [0.717, 1.165) is 41.2 Å². The Balaban J connectivity index is 1.96. The van der Waals surface area contributed by atoms with Crippen molar-refractivity contribution in [3.63, 3.8) is 0 Å². The SMILES string of the molecule is CC(C)(C)C(=O)OC1(C2CCCS2)c2ccccc2Oc2ccccc21. The minimum Gasteiger partial charge on any atom is -0.456 e. The molecule has 0 aromatic heterocycles. The molecule has 1 saturated heterocycles. The quantitative estimate of drug-likeness (QED) is 0.654. The molecule has 0 aliphatic carbocycles. The van der Waals surface area contributed by atoms with Crippen LogP contribution < -0.4 is 4.74 Å². The second kappa shape index (κ2) is 6.34. The van der Waals surface area contributed by atoms with Crippen LogP contribution in [0.3, 0.4) is 0 Å². The summed E-state index contributed by atoms with van der Waals surface area (Å²) in [5.74, 6) is 2.46. The van der Waals surface area contributed by atoms with Gasteiger partial charge in [-0.25, -0.2) is 0 Å². The molecular formula is C22H24O3S. The number of hydrogen-bond donors (Lipinski definition) is 0. The van der Waals surface area contributed by atoms with Crippen LogP contribution in [0.4, 0.5) is 0 Å². The van der Waals surface area contributed by atoms with Crippen molar-refractivity contribution in [2.45, 2.75) is 44.5 Å². The van der Waals surface area contributed by atoms with E-state index in [1.165, 1.54) is 0 Å². The average Bonchev–Trinajstić information content (AvgIpc) is 3.15. The van der Waals surface area contributed by atoms with Crippen molar-refractivity contribution in [1.29, 1.82) is 0 Å². The highest BCUT2D eigenvalue weighted by Gasteiger charge is 2.53. The highest BCUT2D eigenvalue weighted by Crippen LogP contribution is 2.56. The molecule has 2 aromatic carbocycles. The van der Waals surface area contributed by atoms with Crippen LogP contribution in [0.15, 0.2) is 48.5 Å². The zero-order valence-corrected chi connectivity index (χ0v) is 16.3. The van der Waals surface area contributed by atoms with E-state index in [1.807, 2.05) is 81.1 Å². The summed E-state index contributed by atoms with van der Waals surface area (Å²) in [6.45, 7) is 5.71. The molecule has 2 aromatic rings. The molecule has 1 unspecified atom stereocenters. The highest BCUT2D eigenvalue weighted by molar-refractivity contribution is 8.00. The van der Waals surface area contributed by atoms with Gasteiger partial charge >= 0.3 is 5.97 Å². The molecule has 0 spiro atoms. The number of carbonyl (C=O) groups is 1. The molecule has 1 atom stereocenters. The predicted molar refractivity (Wildman–Crippen MR) is 105 cm³/mol. The van der Waals surface area contributed by atoms with Crippen molar-refractivity contribution in [2.24, 2.45) is 5.41 Å². The first-order valence-electron chi connectivity index (χ1n) is 9.15. The van der Waals surface area contributed by atoms with Crippen LogP contribution in [-0.2, 0) is 15.1 Å². The third-order valence-corrected chi connectivity index (χ3v) is 6.54. The second-order valence-electron chi connectivity index (χ2n) is 7.97. The molecule has 0 amide bonds. The Bertz CT molecular complexity index is 786. The number of para-hydroxylation sites is 2. The number of esters is 1. The minimum atomic E-state index is -0.809. The number of ether oxygens (including phenoxy) is 2. The fraction of sp³-hybridized carbons (Fsp3) is 0.409. The van der Waals surface area contributed by atoms with Crippen molar-refractivity contribution in [3.05, 3.63) is 59.7 Å². The molecule has 0 saturated carbocycles. The highest BCUT2D eigenvalue weighted by atomic mass is 32.2. The van der Waals surface area contributed by atoms with Gasteiger partial charge in [-0.2, -0.15) is 11.8 Å². The first-order chi connectivity index (χ1) is 12.4. The lowest BCUT2D eigenvalue weighted by molar-refractivity contribution is -0.167. The summed E-state index contributed by atoms with van der Waals surface area (Å²) in [5.41, 5.74) is 0.529. The number of thioether (sulfide) groups is 1. The molecule has 2 aliphatic rings. The van der Waals surface area contributed by atoms with Crippen LogP contribution in [-0.4, -0.2) is 17.0 Å². The number of carbonyl (C=O) groups excluding carboxylic acids is 1. The normalized spacial score (nSPS) is 20.7. The third kappa shape index (κ3) is 2.71. The fourth-order valence-electron chi connectivity index (χ4n) is 3.71. The molecule has 4 heteroatoms. The van der Waals surface area contributed by atoms with Gasteiger partial charge in [0.2, 0.25) is 0 Å². The number of rotatable bonds is 2. The zero-order valence-electron chi connectivity index (χ0n) is 15.5. The first-order valence-corrected chi connectivity index (χ1v) is 10.2. The van der Waals surface area contributed by atoms with Crippen LogP contribution in [0, 0.1) is 5.41 Å². The predicted octanol–water partition coefficient (Wildman–Crippen LogP) is 5.52. The maximum Gasteiger partial charge on any atom is 0.312 e. The Labute approximate surface area is 159 Å². The molecule has 1 fully saturated rings. The van der Waals surface area contributed by atoms with Gasteiger partial charge in [0.05, 0.1) is 10.7 Å². The number of fused-ring (bicyclic) bond motifs is 2. The summed E-state index contributed by atoms with van der Waals surface area (Å²) >= 11 is 1.89. The van der Waals surface area contributed by atoms with Crippen molar-refractivity contribution in [1.82, 2.24) is 0 Å². The maximum absolute atomic E-state index is 13.0. The van der Waals surface area contributed by atoms with Gasteiger partial charge in [-0.3, -0.25) is 4.79 Å². The molecule has 2 heterocycles. The van der Waals surface area contributed by atoms with E-state index in [4.69, 9.17) is 9.47 Å². The molecule has 3 nitrogen and oxygen atoms in total. The van der Waals surface area contributed by atoms with Crippen molar-refractivity contribution in [3.8, 4) is 11.5 Å². The first kappa shape index (κ1) is 17.5. The van der Waals surface area contributed by atoms with Gasteiger partial charge in [0, 0.05) is 11.1 Å². The lowest BCUT2D eigenvalue weighted by Gasteiger charge is -2.44. The van der Waals surface area contributed by atoms with Gasteiger partial charge in [0.1, 0.15) is 11.5 Å². The summed E-state index contributed by atoms with van der Waals surface area (Å²) in [6, 6.07) is 15.9. The largest absolute Gasteiger partial charge is 0.456 e. The molecular weight excluding hydrogens is 344 g/mol. The topological polar surface area (TPSA) is 35.5 Å². The van der Waals surface area contributed by atoms with Crippen molar-refractivity contribution < 1.29 is 14.3 Å². The van der Waals surface area contributed by atoms with Crippen LogP contribution in [0.2, 0.25) is 0 Å². The van der Waals surface area contributed by atoms with Crippen molar-refractivity contribution >= 4 is 17.7 Å². The zero-order chi connectivity index (χ0) is 18.4. The van der Waals surface area contributed by atoms with E-state index in [0.29, 0.717) is 0 Å². The van der Waals surface area contributed by atoms with E-state index >= 15 is 0 Å². The van der Waals surface area contributed by atoms with E-state index < -0.39 is 11.0 Å². The van der Waals surface area contributed by atoms with Gasteiger partial charge in [-0.15, -0.1) is 0 Å². The lowest BCUT2D eigenvalue weighted by Crippen LogP contribution is -2.46. The van der Waals surface area contributed by atoms with Crippen LogP contribution in [0.25, 0.3) is 0 Å².